The van der Waals surface area contributed by atoms with Gasteiger partial charge in [-0.1, -0.05) is 37.3 Å². The molecule has 1 aromatic carbocycles. The Morgan fingerprint density at radius 3 is 2.50 bits per heavy atom. The van der Waals surface area contributed by atoms with Crippen LogP contribution < -0.4 is 5.56 Å². The van der Waals surface area contributed by atoms with Crippen LogP contribution in [0.2, 0.25) is 0 Å². The van der Waals surface area contributed by atoms with Gasteiger partial charge in [-0.25, -0.2) is 4.98 Å². The minimum atomic E-state index is -0.367. The van der Waals surface area contributed by atoms with Gasteiger partial charge < -0.3 is 4.98 Å². The zero-order valence-corrected chi connectivity index (χ0v) is 10.4. The summed E-state index contributed by atoms with van der Waals surface area (Å²) in [6, 6.07) is 9.38. The quantitative estimate of drug-likeness (QED) is 0.839. The fraction of sp³-hybridized carbons (Fsp3) is 0.214. The van der Waals surface area contributed by atoms with Gasteiger partial charge in [0.05, 0.1) is 5.69 Å². The van der Waals surface area contributed by atoms with Gasteiger partial charge in [-0.05, 0) is 13.3 Å². The van der Waals surface area contributed by atoms with Crippen molar-refractivity contribution in [3.8, 4) is 11.4 Å². The maximum absolute atomic E-state index is 11.9. The van der Waals surface area contributed by atoms with Crippen LogP contribution in [0, 0.1) is 0 Å². The summed E-state index contributed by atoms with van der Waals surface area (Å²) in [7, 11) is 0. The Morgan fingerprint density at radius 2 is 1.94 bits per heavy atom. The summed E-state index contributed by atoms with van der Waals surface area (Å²) in [6.07, 6.45) is 0.554. The number of nitrogens with zero attached hydrogens (tertiary/aromatic N) is 1. The number of Topliss-reactive ketones (excluding diaryl/α,β-unsaturated/α-hetero) is 1. The van der Waals surface area contributed by atoms with E-state index in [4.69, 9.17) is 0 Å². The molecule has 0 amide bonds. The molecule has 0 aliphatic heterocycles. The highest BCUT2D eigenvalue weighted by Crippen LogP contribution is 2.14. The van der Waals surface area contributed by atoms with E-state index in [2.05, 4.69) is 9.97 Å². The first-order chi connectivity index (χ1) is 8.63. The zero-order chi connectivity index (χ0) is 13.1. The van der Waals surface area contributed by atoms with Crippen LogP contribution in [-0.2, 0) is 6.42 Å². The van der Waals surface area contributed by atoms with Gasteiger partial charge in [0.1, 0.15) is 11.4 Å². The summed E-state index contributed by atoms with van der Waals surface area (Å²) < 4.78 is 0. The van der Waals surface area contributed by atoms with Crippen molar-refractivity contribution in [2.24, 2.45) is 0 Å². The Bertz CT molecular complexity index is 630. The van der Waals surface area contributed by atoms with E-state index in [1.807, 2.05) is 37.3 Å². The predicted molar refractivity (Wildman–Crippen MR) is 69.7 cm³/mol. The van der Waals surface area contributed by atoms with Crippen molar-refractivity contribution in [1.82, 2.24) is 9.97 Å². The van der Waals surface area contributed by atoms with Crippen molar-refractivity contribution in [3.63, 3.8) is 0 Å². The van der Waals surface area contributed by atoms with E-state index in [9.17, 15) is 9.59 Å². The lowest BCUT2D eigenvalue weighted by atomic mass is 10.1. The molecule has 92 valence electrons. The number of nitrogens with one attached hydrogen (secondary N) is 1. The summed E-state index contributed by atoms with van der Waals surface area (Å²) >= 11 is 0. The van der Waals surface area contributed by atoms with Gasteiger partial charge in [0, 0.05) is 5.56 Å². The second kappa shape index (κ2) is 4.96. The molecule has 0 saturated carbocycles. The Hall–Kier alpha value is -2.23. The van der Waals surface area contributed by atoms with E-state index in [0.29, 0.717) is 17.9 Å². The molecule has 0 aliphatic rings. The van der Waals surface area contributed by atoms with Gasteiger partial charge in [0.25, 0.3) is 5.56 Å². The van der Waals surface area contributed by atoms with E-state index >= 15 is 0 Å². The van der Waals surface area contributed by atoms with E-state index in [1.165, 1.54) is 6.92 Å². The second-order valence-corrected chi connectivity index (χ2v) is 4.01. The van der Waals surface area contributed by atoms with Gasteiger partial charge in [-0.15, -0.1) is 0 Å². The standard InChI is InChI=1S/C14H14N2O2/c1-3-11-12(9(2)17)14(18)16-13(15-11)10-7-5-4-6-8-10/h4-8H,3H2,1-2H3,(H,15,16,18). The molecule has 0 bridgehead atoms. The van der Waals surface area contributed by atoms with Crippen LogP contribution in [0.25, 0.3) is 11.4 Å². The molecule has 4 nitrogen and oxygen atoms in total. The number of hydrogen-bond acceptors (Lipinski definition) is 3. The molecule has 1 heterocycles. The van der Waals surface area contributed by atoms with E-state index in [-0.39, 0.29) is 16.9 Å². The Balaban J connectivity index is 2.64. The van der Waals surface area contributed by atoms with Crippen molar-refractivity contribution >= 4 is 5.78 Å². The first-order valence-corrected chi connectivity index (χ1v) is 5.83. The number of aromatic amines is 1. The van der Waals surface area contributed by atoms with E-state index in [1.54, 1.807) is 0 Å². The van der Waals surface area contributed by atoms with Crippen molar-refractivity contribution in [2.45, 2.75) is 20.3 Å². The van der Waals surface area contributed by atoms with E-state index < -0.39 is 0 Å². The molecule has 0 radical (unpaired) electrons. The topological polar surface area (TPSA) is 62.8 Å². The molecule has 0 spiro atoms. The zero-order valence-electron chi connectivity index (χ0n) is 10.4. The Kier molecular flexibility index (Phi) is 3.37. The number of aromatic nitrogens is 2. The number of hydrogen-bond donors (Lipinski definition) is 1. The van der Waals surface area contributed by atoms with Crippen LogP contribution in [0.15, 0.2) is 35.1 Å². The van der Waals surface area contributed by atoms with Crippen molar-refractivity contribution in [3.05, 3.63) is 51.9 Å². The third-order valence-electron chi connectivity index (χ3n) is 2.73. The van der Waals surface area contributed by atoms with Gasteiger partial charge >= 0.3 is 0 Å². The van der Waals surface area contributed by atoms with Crippen LogP contribution >= 0.6 is 0 Å². The summed E-state index contributed by atoms with van der Waals surface area (Å²) in [5, 5.41) is 0. The third-order valence-corrected chi connectivity index (χ3v) is 2.73. The van der Waals surface area contributed by atoms with Crippen molar-refractivity contribution in [2.75, 3.05) is 0 Å². The minimum Gasteiger partial charge on any atom is -0.306 e. The van der Waals surface area contributed by atoms with Crippen LogP contribution in [0.5, 0.6) is 0 Å². The highest BCUT2D eigenvalue weighted by Gasteiger charge is 2.14. The third kappa shape index (κ3) is 2.22. The summed E-state index contributed by atoms with van der Waals surface area (Å²) in [5.74, 6) is 0.252. The number of carbonyl (C=O) groups is 1. The van der Waals surface area contributed by atoms with Crippen LogP contribution in [-0.4, -0.2) is 15.8 Å². The highest BCUT2D eigenvalue weighted by molar-refractivity contribution is 5.94. The molecule has 0 fully saturated rings. The molecule has 1 N–H and O–H groups in total. The fourth-order valence-corrected chi connectivity index (χ4v) is 1.87. The SMILES string of the molecule is CCc1nc(-c2ccccc2)[nH]c(=O)c1C(C)=O. The molecule has 0 aliphatic carbocycles. The molecular weight excluding hydrogens is 228 g/mol. The maximum atomic E-state index is 11.9. The lowest BCUT2D eigenvalue weighted by Gasteiger charge is -2.06. The first kappa shape index (κ1) is 12.2. The van der Waals surface area contributed by atoms with Gasteiger partial charge in [-0.3, -0.25) is 9.59 Å². The monoisotopic (exact) mass is 242 g/mol. The molecule has 1 aromatic heterocycles. The molecule has 0 unspecified atom stereocenters. The fourth-order valence-electron chi connectivity index (χ4n) is 1.87. The number of carbonyl (C=O) groups excluding carboxylic acids is 1. The maximum Gasteiger partial charge on any atom is 0.262 e. The highest BCUT2D eigenvalue weighted by atomic mass is 16.1. The molecule has 0 saturated heterocycles. The average Bonchev–Trinajstić information content (AvgIpc) is 2.38. The van der Waals surface area contributed by atoms with Gasteiger partial charge in [-0.2, -0.15) is 0 Å². The van der Waals surface area contributed by atoms with Crippen molar-refractivity contribution < 1.29 is 4.79 Å². The summed E-state index contributed by atoms with van der Waals surface area (Å²) in [4.78, 5) is 30.4. The number of rotatable bonds is 3. The smallest absolute Gasteiger partial charge is 0.262 e. The molecule has 4 heteroatoms. The largest absolute Gasteiger partial charge is 0.306 e. The van der Waals surface area contributed by atoms with Crippen molar-refractivity contribution in [1.29, 1.82) is 0 Å². The van der Waals surface area contributed by atoms with E-state index in [0.717, 1.165) is 5.56 Å². The second-order valence-electron chi connectivity index (χ2n) is 4.01. The minimum absolute atomic E-state index is 0.164. The Labute approximate surface area is 105 Å². The predicted octanol–water partition coefficient (Wildman–Crippen LogP) is 2.20. The summed E-state index contributed by atoms with van der Waals surface area (Å²) in [6.45, 7) is 3.26. The number of aryl methyl sites for hydroxylation is 1. The molecule has 0 atom stereocenters. The summed E-state index contributed by atoms with van der Waals surface area (Å²) in [5.41, 5.74) is 1.18. The number of benzene rings is 1. The normalized spacial score (nSPS) is 10.3. The van der Waals surface area contributed by atoms with Crippen LogP contribution in [0.1, 0.15) is 29.9 Å². The van der Waals surface area contributed by atoms with Gasteiger partial charge in [0.2, 0.25) is 0 Å². The average molecular weight is 242 g/mol. The molecule has 2 rings (SSSR count). The first-order valence-electron chi connectivity index (χ1n) is 5.83. The Morgan fingerprint density at radius 1 is 1.28 bits per heavy atom. The van der Waals surface area contributed by atoms with Crippen LogP contribution in [0.4, 0.5) is 0 Å². The molecule has 18 heavy (non-hydrogen) atoms. The lowest BCUT2D eigenvalue weighted by molar-refractivity contribution is 0.101. The van der Waals surface area contributed by atoms with Crippen LogP contribution in [0.3, 0.4) is 0 Å². The molecule has 2 aromatic rings. The number of ketones is 1. The van der Waals surface area contributed by atoms with Gasteiger partial charge in [0.15, 0.2) is 5.78 Å². The number of H-pyrrole nitrogens is 1. The molecular formula is C14H14N2O2. The lowest BCUT2D eigenvalue weighted by Crippen LogP contribution is -2.21.